The molecule has 1 heterocycles. The van der Waals surface area contributed by atoms with E-state index in [1.807, 2.05) is 48.7 Å². The van der Waals surface area contributed by atoms with E-state index in [0.717, 1.165) is 22.1 Å². The number of carbonyl (C=O) groups excluding carboxylic acids is 2. The van der Waals surface area contributed by atoms with Crippen LogP contribution in [0.4, 0.5) is 5.69 Å². The summed E-state index contributed by atoms with van der Waals surface area (Å²) < 4.78 is 9.97. The summed E-state index contributed by atoms with van der Waals surface area (Å²) in [6.07, 6.45) is 0. The van der Waals surface area contributed by atoms with Gasteiger partial charge >= 0.3 is 11.7 Å². The number of nitrogens with one attached hydrogen (secondary N) is 1. The van der Waals surface area contributed by atoms with E-state index in [4.69, 9.17) is 4.74 Å². The molecule has 0 aliphatic rings. The molecule has 0 fully saturated rings. The molecule has 0 aliphatic carbocycles. The number of carbonyl (C=O) groups is 2. The summed E-state index contributed by atoms with van der Waals surface area (Å²) in [5.41, 5.74) is 1.60. The van der Waals surface area contributed by atoms with Crippen LogP contribution in [-0.4, -0.2) is 30.5 Å². The standard InChI is InChI=1S/C22H20N2O6S/c1-14-5-7-15(8-6-14)21(19-4-3-11-31-19)23-20(25)13-30-18-10-9-16(22(26)29-2)12-17(18)24(27)28/h3-12,21H,13H2,1-2H3,(H,23,25). The molecular formula is C22H20N2O6S. The van der Waals surface area contributed by atoms with E-state index in [1.54, 1.807) is 0 Å². The number of thiophene rings is 1. The predicted molar refractivity (Wildman–Crippen MR) is 115 cm³/mol. The summed E-state index contributed by atoms with van der Waals surface area (Å²) in [7, 11) is 1.18. The number of benzene rings is 2. The van der Waals surface area contributed by atoms with E-state index in [1.165, 1.54) is 30.6 Å². The van der Waals surface area contributed by atoms with Crippen LogP contribution >= 0.6 is 11.3 Å². The van der Waals surface area contributed by atoms with Gasteiger partial charge in [-0.25, -0.2) is 4.79 Å². The minimum Gasteiger partial charge on any atom is -0.477 e. The van der Waals surface area contributed by atoms with Gasteiger partial charge in [0.05, 0.1) is 23.6 Å². The molecule has 160 valence electrons. The van der Waals surface area contributed by atoms with Gasteiger partial charge in [-0.05, 0) is 36.1 Å². The predicted octanol–water partition coefficient (Wildman–Crippen LogP) is 4.04. The van der Waals surface area contributed by atoms with Crippen LogP contribution in [0.15, 0.2) is 60.0 Å². The van der Waals surface area contributed by atoms with Gasteiger partial charge in [0.2, 0.25) is 0 Å². The Labute approximate surface area is 182 Å². The van der Waals surface area contributed by atoms with Crippen LogP contribution in [0.2, 0.25) is 0 Å². The molecule has 31 heavy (non-hydrogen) atoms. The molecule has 3 rings (SSSR count). The zero-order valence-corrected chi connectivity index (χ0v) is 17.7. The molecule has 1 N–H and O–H groups in total. The molecule has 0 saturated carbocycles. The highest BCUT2D eigenvalue weighted by atomic mass is 32.1. The number of nitrogens with zero attached hydrogens (tertiary/aromatic N) is 1. The van der Waals surface area contributed by atoms with Crippen molar-refractivity contribution in [3.8, 4) is 5.75 Å². The topological polar surface area (TPSA) is 108 Å². The van der Waals surface area contributed by atoms with E-state index < -0.39 is 29.1 Å². The number of hydrogen-bond donors (Lipinski definition) is 1. The molecule has 1 aromatic heterocycles. The van der Waals surface area contributed by atoms with Crippen molar-refractivity contribution in [2.75, 3.05) is 13.7 Å². The largest absolute Gasteiger partial charge is 0.477 e. The average Bonchev–Trinajstić information content (AvgIpc) is 3.30. The fraction of sp³-hybridized carbons (Fsp3) is 0.182. The Bertz CT molecular complexity index is 1080. The van der Waals surface area contributed by atoms with Crippen molar-refractivity contribution >= 4 is 28.9 Å². The quantitative estimate of drug-likeness (QED) is 0.322. The second-order valence-electron chi connectivity index (χ2n) is 6.65. The molecule has 8 nitrogen and oxygen atoms in total. The maximum atomic E-state index is 12.6. The molecule has 0 aliphatic heterocycles. The van der Waals surface area contributed by atoms with Gasteiger partial charge in [-0.1, -0.05) is 35.9 Å². The van der Waals surface area contributed by atoms with E-state index in [9.17, 15) is 19.7 Å². The van der Waals surface area contributed by atoms with Crippen LogP contribution in [0.1, 0.15) is 32.4 Å². The number of rotatable bonds is 8. The monoisotopic (exact) mass is 440 g/mol. The number of methoxy groups -OCH3 is 1. The lowest BCUT2D eigenvalue weighted by molar-refractivity contribution is -0.385. The van der Waals surface area contributed by atoms with Crippen molar-refractivity contribution in [1.29, 1.82) is 0 Å². The maximum absolute atomic E-state index is 12.6. The molecule has 0 bridgehead atoms. The molecule has 0 radical (unpaired) electrons. The highest BCUT2D eigenvalue weighted by molar-refractivity contribution is 7.10. The zero-order valence-electron chi connectivity index (χ0n) is 16.9. The van der Waals surface area contributed by atoms with Crippen molar-refractivity contribution in [2.24, 2.45) is 0 Å². The van der Waals surface area contributed by atoms with Crippen molar-refractivity contribution in [2.45, 2.75) is 13.0 Å². The zero-order chi connectivity index (χ0) is 22.4. The summed E-state index contributed by atoms with van der Waals surface area (Å²) in [6, 6.07) is 14.9. The number of ether oxygens (including phenoxy) is 2. The van der Waals surface area contributed by atoms with Gasteiger partial charge in [0, 0.05) is 10.9 Å². The lowest BCUT2D eigenvalue weighted by Crippen LogP contribution is -2.33. The fourth-order valence-corrected chi connectivity index (χ4v) is 3.71. The second-order valence-corrected chi connectivity index (χ2v) is 7.63. The Morgan fingerprint density at radius 1 is 1.16 bits per heavy atom. The molecule has 1 atom stereocenters. The van der Waals surface area contributed by atoms with E-state index in [2.05, 4.69) is 10.1 Å². The highest BCUT2D eigenvalue weighted by Crippen LogP contribution is 2.29. The van der Waals surface area contributed by atoms with Gasteiger partial charge in [-0.15, -0.1) is 11.3 Å². The molecular weight excluding hydrogens is 420 g/mol. The van der Waals surface area contributed by atoms with Gasteiger partial charge in [-0.3, -0.25) is 14.9 Å². The molecule has 1 unspecified atom stereocenters. The smallest absolute Gasteiger partial charge is 0.338 e. The summed E-state index contributed by atoms with van der Waals surface area (Å²) in [6.45, 7) is 1.56. The lowest BCUT2D eigenvalue weighted by atomic mass is 10.0. The first-order valence-corrected chi connectivity index (χ1v) is 10.2. The van der Waals surface area contributed by atoms with Gasteiger partial charge in [0.1, 0.15) is 0 Å². The third kappa shape index (κ3) is 5.46. The van der Waals surface area contributed by atoms with E-state index >= 15 is 0 Å². The number of nitro benzene ring substituents is 1. The number of amides is 1. The average molecular weight is 440 g/mol. The summed E-state index contributed by atoms with van der Waals surface area (Å²) in [5.74, 6) is -1.26. The fourth-order valence-electron chi connectivity index (χ4n) is 2.91. The van der Waals surface area contributed by atoms with Crippen LogP contribution in [0.5, 0.6) is 5.75 Å². The number of nitro groups is 1. The molecule has 0 spiro atoms. The Kier molecular flexibility index (Phi) is 6.99. The van der Waals surface area contributed by atoms with Gasteiger partial charge in [-0.2, -0.15) is 0 Å². The van der Waals surface area contributed by atoms with Gasteiger partial charge < -0.3 is 14.8 Å². The van der Waals surface area contributed by atoms with Crippen molar-refractivity contribution in [1.82, 2.24) is 5.32 Å². The van der Waals surface area contributed by atoms with E-state index in [-0.39, 0.29) is 17.4 Å². The van der Waals surface area contributed by atoms with Crippen LogP contribution < -0.4 is 10.1 Å². The molecule has 1 amide bonds. The lowest BCUT2D eigenvalue weighted by Gasteiger charge is -2.18. The minimum atomic E-state index is -0.704. The Morgan fingerprint density at radius 3 is 2.52 bits per heavy atom. The molecule has 0 saturated heterocycles. The van der Waals surface area contributed by atoms with Crippen molar-refractivity contribution in [3.63, 3.8) is 0 Å². The van der Waals surface area contributed by atoms with Crippen LogP contribution in [0.3, 0.4) is 0 Å². The first-order valence-electron chi connectivity index (χ1n) is 9.28. The molecule has 9 heteroatoms. The Hall–Kier alpha value is -3.72. The SMILES string of the molecule is COC(=O)c1ccc(OCC(=O)NC(c2ccc(C)cc2)c2cccs2)c([N+](=O)[O-])c1. The summed E-state index contributed by atoms with van der Waals surface area (Å²) in [4.78, 5) is 35.8. The third-order valence-corrected chi connectivity index (χ3v) is 5.42. The summed E-state index contributed by atoms with van der Waals surface area (Å²) in [5, 5.41) is 16.2. The van der Waals surface area contributed by atoms with Crippen molar-refractivity contribution < 1.29 is 24.0 Å². The van der Waals surface area contributed by atoms with Crippen LogP contribution in [0.25, 0.3) is 0 Å². The van der Waals surface area contributed by atoms with E-state index in [0.29, 0.717) is 0 Å². The molecule has 3 aromatic rings. The van der Waals surface area contributed by atoms with Crippen LogP contribution in [-0.2, 0) is 9.53 Å². The number of hydrogen-bond acceptors (Lipinski definition) is 7. The number of esters is 1. The highest BCUT2D eigenvalue weighted by Gasteiger charge is 2.22. The first kappa shape index (κ1) is 22.0. The number of aryl methyl sites for hydroxylation is 1. The van der Waals surface area contributed by atoms with Gasteiger partial charge in [0.15, 0.2) is 12.4 Å². The minimum absolute atomic E-state index is 0.0168. The maximum Gasteiger partial charge on any atom is 0.338 e. The Morgan fingerprint density at radius 2 is 1.90 bits per heavy atom. The third-order valence-electron chi connectivity index (χ3n) is 4.48. The second kappa shape index (κ2) is 9.86. The summed E-state index contributed by atoms with van der Waals surface area (Å²) >= 11 is 1.51. The normalized spacial score (nSPS) is 11.4. The Balaban J connectivity index is 1.74. The van der Waals surface area contributed by atoms with Gasteiger partial charge in [0.25, 0.3) is 5.91 Å². The first-order chi connectivity index (χ1) is 14.9. The van der Waals surface area contributed by atoms with Crippen LogP contribution in [0, 0.1) is 17.0 Å². The van der Waals surface area contributed by atoms with Crippen molar-refractivity contribution in [3.05, 3.63) is 91.7 Å². The molecule has 2 aromatic carbocycles.